The number of imidazole rings is 1. The summed E-state index contributed by atoms with van der Waals surface area (Å²) < 4.78 is 3.26. The number of pyridine rings is 1. The maximum Gasteiger partial charge on any atom is 0.275 e. The first kappa shape index (κ1) is 20.3. The fourth-order valence-electron chi connectivity index (χ4n) is 4.11. The number of fused-ring (bicyclic) bond motifs is 1. The molecule has 32 heavy (non-hydrogen) atoms. The van der Waals surface area contributed by atoms with E-state index in [0.29, 0.717) is 36.0 Å². The standard InChI is InChI=1S/C25H21ClN4O2/c1-17-14-29(16-27-17)22-9-10-23-24(31)28(11-12-30(23)25(22)32)15-18-5-4-6-19(13-18)20-7-2-3-8-21(20)26/h2-10,13-14,16H,11-12,15H2,1H3. The van der Waals surface area contributed by atoms with E-state index in [0.717, 1.165) is 22.4 Å². The highest BCUT2D eigenvalue weighted by Gasteiger charge is 2.26. The first-order valence-corrected chi connectivity index (χ1v) is 10.8. The van der Waals surface area contributed by atoms with E-state index in [1.165, 1.54) is 0 Å². The molecule has 3 heterocycles. The van der Waals surface area contributed by atoms with Crippen LogP contribution in [0.3, 0.4) is 0 Å². The number of benzene rings is 2. The van der Waals surface area contributed by atoms with Crippen LogP contribution in [0.4, 0.5) is 0 Å². The number of aromatic nitrogens is 3. The zero-order chi connectivity index (χ0) is 22.2. The predicted octanol–water partition coefficient (Wildman–Crippen LogP) is 4.32. The Hall–Kier alpha value is -3.64. The van der Waals surface area contributed by atoms with Crippen molar-refractivity contribution in [3.63, 3.8) is 0 Å². The molecule has 0 N–H and O–H groups in total. The Kier molecular flexibility index (Phi) is 5.15. The summed E-state index contributed by atoms with van der Waals surface area (Å²) in [4.78, 5) is 32.1. The Bertz CT molecular complexity index is 1390. The van der Waals surface area contributed by atoms with E-state index in [-0.39, 0.29) is 11.5 Å². The third-order valence-electron chi connectivity index (χ3n) is 5.73. The Morgan fingerprint density at radius 1 is 1.00 bits per heavy atom. The lowest BCUT2D eigenvalue weighted by Gasteiger charge is -2.30. The van der Waals surface area contributed by atoms with Gasteiger partial charge in [-0.1, -0.05) is 48.0 Å². The van der Waals surface area contributed by atoms with E-state index >= 15 is 0 Å². The number of carbonyl (C=O) groups excluding carboxylic acids is 1. The van der Waals surface area contributed by atoms with Crippen LogP contribution in [0, 0.1) is 6.92 Å². The van der Waals surface area contributed by atoms with Gasteiger partial charge in [0.25, 0.3) is 11.5 Å². The zero-order valence-corrected chi connectivity index (χ0v) is 18.3. The molecule has 0 aliphatic carbocycles. The van der Waals surface area contributed by atoms with E-state index in [4.69, 9.17) is 11.6 Å². The van der Waals surface area contributed by atoms with Crippen LogP contribution < -0.4 is 5.56 Å². The number of halogens is 1. The Balaban J connectivity index is 1.41. The smallest absolute Gasteiger partial charge is 0.275 e. The van der Waals surface area contributed by atoms with E-state index < -0.39 is 0 Å². The molecule has 4 aromatic rings. The quantitative estimate of drug-likeness (QED) is 0.471. The largest absolute Gasteiger partial charge is 0.331 e. The first-order valence-electron chi connectivity index (χ1n) is 10.4. The van der Waals surface area contributed by atoms with Gasteiger partial charge >= 0.3 is 0 Å². The Morgan fingerprint density at radius 2 is 1.84 bits per heavy atom. The highest BCUT2D eigenvalue weighted by atomic mass is 35.5. The minimum atomic E-state index is -0.186. The summed E-state index contributed by atoms with van der Waals surface area (Å²) in [6.07, 6.45) is 3.41. The molecule has 0 atom stereocenters. The van der Waals surface area contributed by atoms with Gasteiger partial charge in [-0.2, -0.15) is 0 Å². The van der Waals surface area contributed by atoms with Crippen molar-refractivity contribution >= 4 is 17.5 Å². The average Bonchev–Trinajstić information content (AvgIpc) is 3.22. The highest BCUT2D eigenvalue weighted by Crippen LogP contribution is 2.28. The molecular weight excluding hydrogens is 424 g/mol. The molecule has 7 heteroatoms. The van der Waals surface area contributed by atoms with Crippen molar-refractivity contribution in [1.29, 1.82) is 0 Å². The Morgan fingerprint density at radius 3 is 2.62 bits per heavy atom. The minimum Gasteiger partial charge on any atom is -0.331 e. The van der Waals surface area contributed by atoms with E-state index in [9.17, 15) is 9.59 Å². The summed E-state index contributed by atoms with van der Waals surface area (Å²) in [7, 11) is 0. The van der Waals surface area contributed by atoms with Gasteiger partial charge in [-0.05, 0) is 42.3 Å². The monoisotopic (exact) mass is 444 g/mol. The molecule has 0 saturated heterocycles. The van der Waals surface area contributed by atoms with Crippen LogP contribution in [0.1, 0.15) is 21.7 Å². The van der Waals surface area contributed by atoms with Gasteiger partial charge in [0.05, 0.1) is 12.0 Å². The average molecular weight is 445 g/mol. The fraction of sp³-hybridized carbons (Fsp3) is 0.160. The molecule has 0 unspecified atom stereocenters. The van der Waals surface area contributed by atoms with Crippen LogP contribution >= 0.6 is 11.6 Å². The van der Waals surface area contributed by atoms with Crippen molar-refractivity contribution in [3.8, 4) is 16.8 Å². The molecule has 1 aliphatic heterocycles. The lowest BCUT2D eigenvalue weighted by Crippen LogP contribution is -2.44. The second-order valence-electron chi connectivity index (χ2n) is 7.89. The topological polar surface area (TPSA) is 60.1 Å². The Labute approximate surface area is 190 Å². The molecule has 1 amide bonds. The zero-order valence-electron chi connectivity index (χ0n) is 17.5. The number of amides is 1. The summed E-state index contributed by atoms with van der Waals surface area (Å²) in [5, 5.41) is 0.691. The van der Waals surface area contributed by atoms with Gasteiger partial charge in [-0.3, -0.25) is 9.59 Å². The molecule has 2 aromatic carbocycles. The number of carbonyl (C=O) groups is 1. The highest BCUT2D eigenvalue weighted by molar-refractivity contribution is 6.33. The summed E-state index contributed by atoms with van der Waals surface area (Å²) in [6.45, 7) is 3.25. The summed E-state index contributed by atoms with van der Waals surface area (Å²) in [5.41, 5.74) is 4.51. The molecule has 2 aromatic heterocycles. The van der Waals surface area contributed by atoms with Gasteiger partial charge in [0.2, 0.25) is 0 Å². The SMILES string of the molecule is Cc1cn(-c2ccc3n(c2=O)CCN(Cc2cccc(-c4ccccc4Cl)c2)C3=O)cn1. The molecule has 0 spiro atoms. The lowest BCUT2D eigenvalue weighted by atomic mass is 10.0. The normalized spacial score (nSPS) is 13.3. The molecule has 160 valence electrons. The third-order valence-corrected chi connectivity index (χ3v) is 6.06. The van der Waals surface area contributed by atoms with Crippen molar-refractivity contribution in [2.45, 2.75) is 20.0 Å². The van der Waals surface area contributed by atoms with Gasteiger partial charge in [-0.15, -0.1) is 0 Å². The number of nitrogens with zero attached hydrogens (tertiary/aromatic N) is 4. The third kappa shape index (κ3) is 3.63. The fourth-order valence-corrected chi connectivity index (χ4v) is 4.36. The number of hydrogen-bond acceptors (Lipinski definition) is 3. The lowest BCUT2D eigenvalue weighted by molar-refractivity contribution is 0.0686. The maximum absolute atomic E-state index is 13.2. The van der Waals surface area contributed by atoms with E-state index in [1.54, 1.807) is 38.7 Å². The molecule has 0 fully saturated rings. The number of aryl methyl sites for hydroxylation is 1. The second-order valence-corrected chi connectivity index (χ2v) is 8.30. The van der Waals surface area contributed by atoms with Crippen LogP contribution in [0.5, 0.6) is 0 Å². The van der Waals surface area contributed by atoms with Crippen LogP contribution in [-0.2, 0) is 13.1 Å². The van der Waals surface area contributed by atoms with Crippen LogP contribution in [0.15, 0.2) is 78.0 Å². The van der Waals surface area contributed by atoms with E-state index in [1.807, 2.05) is 49.4 Å². The molecule has 1 aliphatic rings. The van der Waals surface area contributed by atoms with Gasteiger partial charge in [0.1, 0.15) is 11.4 Å². The maximum atomic E-state index is 13.2. The molecule has 0 radical (unpaired) electrons. The van der Waals surface area contributed by atoms with Crippen molar-refractivity contribution in [3.05, 3.63) is 106 Å². The molecular formula is C25H21ClN4O2. The van der Waals surface area contributed by atoms with Gasteiger partial charge in [0.15, 0.2) is 0 Å². The molecule has 0 saturated carbocycles. The van der Waals surface area contributed by atoms with Crippen LogP contribution in [0.2, 0.25) is 5.02 Å². The summed E-state index contributed by atoms with van der Waals surface area (Å²) in [6, 6.07) is 19.2. The molecule has 0 bridgehead atoms. The van der Waals surface area contributed by atoms with Crippen molar-refractivity contribution in [1.82, 2.24) is 19.0 Å². The van der Waals surface area contributed by atoms with Crippen molar-refractivity contribution in [2.24, 2.45) is 0 Å². The van der Waals surface area contributed by atoms with Crippen LogP contribution in [0.25, 0.3) is 16.8 Å². The minimum absolute atomic E-state index is 0.148. The predicted molar refractivity (Wildman–Crippen MR) is 124 cm³/mol. The van der Waals surface area contributed by atoms with Gasteiger partial charge in [-0.25, -0.2) is 4.98 Å². The number of rotatable bonds is 4. The second kappa shape index (κ2) is 8.13. The van der Waals surface area contributed by atoms with E-state index in [2.05, 4.69) is 11.1 Å². The van der Waals surface area contributed by atoms with Crippen LogP contribution in [-0.4, -0.2) is 31.5 Å². The molecule has 6 nitrogen and oxygen atoms in total. The molecule has 5 rings (SSSR count). The van der Waals surface area contributed by atoms with Crippen molar-refractivity contribution < 1.29 is 4.79 Å². The summed E-state index contributed by atoms with van der Waals surface area (Å²) in [5.74, 6) is -0.148. The first-order chi connectivity index (χ1) is 15.5. The van der Waals surface area contributed by atoms with Gasteiger partial charge < -0.3 is 14.0 Å². The summed E-state index contributed by atoms with van der Waals surface area (Å²) >= 11 is 6.35. The van der Waals surface area contributed by atoms with Gasteiger partial charge in [0, 0.05) is 36.4 Å². The number of hydrogen-bond donors (Lipinski definition) is 0. The van der Waals surface area contributed by atoms with Crippen molar-refractivity contribution in [2.75, 3.05) is 6.54 Å².